The van der Waals surface area contributed by atoms with Gasteiger partial charge in [-0.15, -0.1) is 0 Å². The highest BCUT2D eigenvalue weighted by molar-refractivity contribution is 5.86. The van der Waals surface area contributed by atoms with Gasteiger partial charge in [0, 0.05) is 11.5 Å². The maximum atomic E-state index is 13.7. The van der Waals surface area contributed by atoms with Crippen molar-refractivity contribution >= 4 is 22.7 Å². The van der Waals surface area contributed by atoms with Crippen LogP contribution in [0.3, 0.4) is 0 Å². The topological polar surface area (TPSA) is 30.2 Å². The maximum absolute atomic E-state index is 13.7. The van der Waals surface area contributed by atoms with E-state index in [4.69, 9.17) is 10.1 Å². The van der Waals surface area contributed by atoms with Gasteiger partial charge in [0.2, 0.25) is 0 Å². The van der Waals surface area contributed by atoms with Gasteiger partial charge in [-0.2, -0.15) is 5.10 Å². The number of nitrogens with zero attached hydrogens (tertiary/aromatic N) is 3. The fraction of sp³-hybridized carbons (Fsp3) is 0.161. The predicted octanol–water partition coefficient (Wildman–Crippen LogP) is 7.58. The molecule has 0 spiro atoms. The minimum Gasteiger partial charge on any atom is -0.255 e. The predicted molar refractivity (Wildman–Crippen MR) is 141 cm³/mol. The SMILES string of the molecule is Fc1ccc(-n2nc(C=Nc3ccccc3)c3c2C(Cc2cccc4ccccc24)CCC3)cc1. The van der Waals surface area contributed by atoms with Gasteiger partial charge in [-0.3, -0.25) is 4.99 Å². The van der Waals surface area contributed by atoms with E-state index in [9.17, 15) is 4.39 Å². The van der Waals surface area contributed by atoms with Crippen LogP contribution in [0.1, 0.15) is 41.3 Å². The lowest BCUT2D eigenvalue weighted by atomic mass is 9.82. The van der Waals surface area contributed by atoms with Gasteiger partial charge in [0.15, 0.2) is 0 Å². The van der Waals surface area contributed by atoms with Crippen LogP contribution in [0.4, 0.5) is 10.1 Å². The first-order valence-corrected chi connectivity index (χ1v) is 12.2. The third-order valence-electron chi connectivity index (χ3n) is 6.93. The molecule has 35 heavy (non-hydrogen) atoms. The van der Waals surface area contributed by atoms with Gasteiger partial charge in [-0.25, -0.2) is 9.07 Å². The Morgan fingerprint density at radius 2 is 1.66 bits per heavy atom. The number of benzene rings is 4. The van der Waals surface area contributed by atoms with Crippen molar-refractivity contribution in [3.05, 3.63) is 125 Å². The molecule has 0 bridgehead atoms. The van der Waals surface area contributed by atoms with E-state index in [1.165, 1.54) is 39.7 Å². The van der Waals surface area contributed by atoms with Crippen molar-refractivity contribution in [2.75, 3.05) is 0 Å². The smallest absolute Gasteiger partial charge is 0.123 e. The Labute approximate surface area is 204 Å². The summed E-state index contributed by atoms with van der Waals surface area (Å²) in [5, 5.41) is 7.58. The summed E-state index contributed by atoms with van der Waals surface area (Å²) in [6.45, 7) is 0. The molecule has 1 aliphatic carbocycles. The number of hydrogen-bond donors (Lipinski definition) is 0. The minimum absolute atomic E-state index is 0.243. The van der Waals surface area contributed by atoms with Gasteiger partial charge >= 0.3 is 0 Å². The van der Waals surface area contributed by atoms with E-state index in [1.807, 2.05) is 53.4 Å². The standard InChI is InChI=1S/C31H26FN3/c32-25-16-18-27(19-17-25)35-31-24(20-23-10-6-9-22-8-4-5-14-28(22)23)11-7-15-29(31)30(34-35)21-33-26-12-2-1-3-13-26/h1-6,8-10,12-14,16-19,21,24H,7,11,15,20H2. The van der Waals surface area contributed by atoms with Crippen LogP contribution in [0.25, 0.3) is 16.5 Å². The lowest BCUT2D eigenvalue weighted by molar-refractivity contribution is 0.525. The summed E-state index contributed by atoms with van der Waals surface area (Å²) in [6.07, 6.45) is 6.01. The van der Waals surface area contributed by atoms with Gasteiger partial charge in [0.05, 0.1) is 23.3 Å². The Hall–Kier alpha value is -4.05. The van der Waals surface area contributed by atoms with E-state index >= 15 is 0 Å². The zero-order valence-electron chi connectivity index (χ0n) is 19.4. The maximum Gasteiger partial charge on any atom is 0.123 e. The van der Waals surface area contributed by atoms with Gasteiger partial charge < -0.3 is 0 Å². The van der Waals surface area contributed by atoms with Crippen LogP contribution in [0.5, 0.6) is 0 Å². The number of halogens is 1. The quantitative estimate of drug-likeness (QED) is 0.249. The monoisotopic (exact) mass is 459 g/mol. The fourth-order valence-electron chi connectivity index (χ4n) is 5.29. The summed E-state index contributed by atoms with van der Waals surface area (Å²) in [4.78, 5) is 4.69. The van der Waals surface area contributed by atoms with Crippen molar-refractivity contribution < 1.29 is 4.39 Å². The summed E-state index contributed by atoms with van der Waals surface area (Å²) in [7, 11) is 0. The highest BCUT2D eigenvalue weighted by Gasteiger charge is 2.29. The van der Waals surface area contributed by atoms with Crippen molar-refractivity contribution in [2.24, 2.45) is 4.99 Å². The molecule has 0 radical (unpaired) electrons. The second-order valence-corrected chi connectivity index (χ2v) is 9.16. The Kier molecular flexibility index (Phi) is 5.71. The number of rotatable bonds is 5. The largest absolute Gasteiger partial charge is 0.255 e. The summed E-state index contributed by atoms with van der Waals surface area (Å²) >= 11 is 0. The van der Waals surface area contributed by atoms with Crippen molar-refractivity contribution in [3.8, 4) is 5.69 Å². The summed E-state index contributed by atoms with van der Waals surface area (Å²) in [5.74, 6) is 0.0777. The number of hydrogen-bond acceptors (Lipinski definition) is 2. The zero-order valence-corrected chi connectivity index (χ0v) is 19.4. The van der Waals surface area contributed by atoms with E-state index in [-0.39, 0.29) is 5.82 Å². The van der Waals surface area contributed by atoms with Crippen LogP contribution in [0, 0.1) is 5.82 Å². The molecule has 1 atom stereocenters. The Bertz CT molecular complexity index is 1490. The molecule has 1 unspecified atom stereocenters. The van der Waals surface area contributed by atoms with Crippen molar-refractivity contribution in [2.45, 2.75) is 31.6 Å². The molecule has 0 aliphatic heterocycles. The summed E-state index contributed by atoms with van der Waals surface area (Å²) in [5.41, 5.74) is 6.52. The molecule has 0 N–H and O–H groups in total. The lowest BCUT2D eigenvalue weighted by Gasteiger charge is -2.25. The Morgan fingerprint density at radius 1 is 0.886 bits per heavy atom. The molecular weight excluding hydrogens is 433 g/mol. The molecule has 1 aromatic heterocycles. The minimum atomic E-state index is -0.243. The third kappa shape index (κ3) is 4.28. The molecule has 172 valence electrons. The first-order chi connectivity index (χ1) is 17.3. The van der Waals surface area contributed by atoms with Crippen LogP contribution >= 0.6 is 0 Å². The average Bonchev–Trinajstić information content (AvgIpc) is 3.28. The molecule has 1 heterocycles. The van der Waals surface area contributed by atoms with E-state index in [1.54, 1.807) is 0 Å². The number of aliphatic imine (C=N–C) groups is 1. The molecular formula is C31H26FN3. The van der Waals surface area contributed by atoms with Crippen LogP contribution in [-0.2, 0) is 12.8 Å². The summed E-state index contributed by atoms with van der Waals surface area (Å²) in [6, 6.07) is 31.7. The van der Waals surface area contributed by atoms with Crippen LogP contribution in [-0.4, -0.2) is 16.0 Å². The van der Waals surface area contributed by atoms with Crippen LogP contribution < -0.4 is 0 Å². The Morgan fingerprint density at radius 3 is 2.51 bits per heavy atom. The second kappa shape index (κ2) is 9.30. The third-order valence-corrected chi connectivity index (χ3v) is 6.93. The van der Waals surface area contributed by atoms with Crippen molar-refractivity contribution in [3.63, 3.8) is 0 Å². The van der Waals surface area contributed by atoms with Gasteiger partial charge in [-0.1, -0.05) is 60.7 Å². The van der Waals surface area contributed by atoms with E-state index in [0.717, 1.165) is 42.8 Å². The van der Waals surface area contributed by atoms with Crippen LogP contribution in [0.15, 0.2) is 102 Å². The Balaban J connectivity index is 1.45. The van der Waals surface area contributed by atoms with Gasteiger partial charge in [-0.05, 0) is 78.4 Å². The molecule has 0 amide bonds. The highest BCUT2D eigenvalue weighted by atomic mass is 19.1. The fourth-order valence-corrected chi connectivity index (χ4v) is 5.29. The molecule has 0 fully saturated rings. The van der Waals surface area contributed by atoms with Crippen molar-refractivity contribution in [1.29, 1.82) is 0 Å². The van der Waals surface area contributed by atoms with Gasteiger partial charge in [0.25, 0.3) is 0 Å². The van der Waals surface area contributed by atoms with E-state index in [0.29, 0.717) is 5.92 Å². The lowest BCUT2D eigenvalue weighted by Crippen LogP contribution is -2.16. The molecule has 0 saturated heterocycles. The molecule has 5 aromatic rings. The molecule has 4 heteroatoms. The van der Waals surface area contributed by atoms with E-state index in [2.05, 4.69) is 42.5 Å². The normalized spacial score (nSPS) is 15.5. The zero-order chi connectivity index (χ0) is 23.6. The number of aromatic nitrogens is 2. The molecule has 6 rings (SSSR count). The van der Waals surface area contributed by atoms with Crippen molar-refractivity contribution in [1.82, 2.24) is 9.78 Å². The molecule has 4 aromatic carbocycles. The van der Waals surface area contributed by atoms with E-state index < -0.39 is 0 Å². The summed E-state index contributed by atoms with van der Waals surface area (Å²) < 4.78 is 15.7. The van der Waals surface area contributed by atoms with Gasteiger partial charge in [0.1, 0.15) is 11.5 Å². The first kappa shape index (κ1) is 21.5. The number of fused-ring (bicyclic) bond motifs is 2. The highest BCUT2D eigenvalue weighted by Crippen LogP contribution is 2.38. The molecule has 1 aliphatic rings. The molecule has 0 saturated carbocycles. The second-order valence-electron chi connectivity index (χ2n) is 9.16. The first-order valence-electron chi connectivity index (χ1n) is 12.2. The average molecular weight is 460 g/mol. The molecule has 3 nitrogen and oxygen atoms in total. The number of para-hydroxylation sites is 1. The van der Waals surface area contributed by atoms with Crippen LogP contribution in [0.2, 0.25) is 0 Å².